The molecule has 1 atom stereocenters. The molecule has 0 spiro atoms. The number of rotatable bonds is 7. The normalized spacial score (nSPS) is 14.1. The molecule has 0 radical (unpaired) electrons. The van der Waals surface area contributed by atoms with Crippen molar-refractivity contribution in [2.45, 2.75) is 23.6 Å². The van der Waals surface area contributed by atoms with Gasteiger partial charge in [0.15, 0.2) is 0 Å². The molecule has 1 unspecified atom stereocenters. The molecule has 0 fully saturated rings. The average Bonchev–Trinajstić information content (AvgIpc) is 2.38. The molecule has 1 aromatic rings. The van der Waals surface area contributed by atoms with Gasteiger partial charge in [0, 0.05) is 13.7 Å². The van der Waals surface area contributed by atoms with Gasteiger partial charge in [-0.2, -0.15) is 13.2 Å². The number of alkyl halides is 3. The van der Waals surface area contributed by atoms with Gasteiger partial charge in [-0.1, -0.05) is 0 Å². The first-order chi connectivity index (χ1) is 9.66. The highest BCUT2D eigenvalue weighted by Crippen LogP contribution is 2.29. The van der Waals surface area contributed by atoms with Crippen molar-refractivity contribution >= 4 is 10.0 Å². The van der Waals surface area contributed by atoms with E-state index in [2.05, 4.69) is 9.46 Å². The fraction of sp³-hybridized carbons (Fsp3) is 0.500. The minimum absolute atomic E-state index is 0.0477. The standard InChI is InChI=1S/C12H16F3NO4S/c1-20-8-10(17)6-7-16-21(18,19)11-4-2-9(3-5-11)12(13,14)15/h2-5,10,16-17H,6-8H2,1H3. The van der Waals surface area contributed by atoms with Crippen LogP contribution in [0.15, 0.2) is 29.2 Å². The van der Waals surface area contributed by atoms with Crippen LogP contribution in [0.4, 0.5) is 13.2 Å². The molecule has 0 heterocycles. The number of aliphatic hydroxyl groups excluding tert-OH is 1. The summed E-state index contributed by atoms with van der Waals surface area (Å²) in [5.74, 6) is 0. The van der Waals surface area contributed by atoms with Crippen LogP contribution in [0.1, 0.15) is 12.0 Å². The molecule has 0 saturated heterocycles. The highest BCUT2D eigenvalue weighted by atomic mass is 32.2. The Morgan fingerprint density at radius 1 is 1.29 bits per heavy atom. The number of benzene rings is 1. The molecule has 0 aliphatic heterocycles. The molecule has 9 heteroatoms. The topological polar surface area (TPSA) is 75.6 Å². The molecule has 0 aliphatic rings. The summed E-state index contributed by atoms with van der Waals surface area (Å²) >= 11 is 0. The minimum Gasteiger partial charge on any atom is -0.391 e. The number of halogens is 3. The minimum atomic E-state index is -4.51. The summed E-state index contributed by atoms with van der Waals surface area (Å²) < 4.78 is 67.7. The number of sulfonamides is 1. The second-order valence-electron chi connectivity index (χ2n) is 4.32. The van der Waals surface area contributed by atoms with Crippen molar-refractivity contribution in [3.05, 3.63) is 29.8 Å². The van der Waals surface area contributed by atoms with Crippen molar-refractivity contribution in [3.8, 4) is 0 Å². The summed E-state index contributed by atoms with van der Waals surface area (Å²) in [6.07, 6.45) is -5.20. The maximum Gasteiger partial charge on any atom is 0.416 e. The van der Waals surface area contributed by atoms with Crippen molar-refractivity contribution < 1.29 is 31.4 Å². The SMILES string of the molecule is COCC(O)CCNS(=O)(=O)c1ccc(C(F)(F)F)cc1. The first-order valence-corrected chi connectivity index (χ1v) is 7.49. The Balaban J connectivity index is 2.66. The van der Waals surface area contributed by atoms with Crippen LogP contribution < -0.4 is 4.72 Å². The van der Waals surface area contributed by atoms with Crippen molar-refractivity contribution in [2.75, 3.05) is 20.3 Å². The molecule has 1 rings (SSSR count). The molecule has 0 saturated carbocycles. The predicted octanol–water partition coefficient (Wildman–Crippen LogP) is 1.38. The molecule has 0 bridgehead atoms. The maximum absolute atomic E-state index is 12.4. The van der Waals surface area contributed by atoms with Gasteiger partial charge in [0.25, 0.3) is 0 Å². The van der Waals surface area contributed by atoms with Crippen molar-refractivity contribution in [3.63, 3.8) is 0 Å². The summed E-state index contributed by atoms with van der Waals surface area (Å²) in [5.41, 5.74) is -0.919. The zero-order valence-electron chi connectivity index (χ0n) is 11.2. The van der Waals surface area contributed by atoms with Gasteiger partial charge in [0.05, 0.1) is 23.2 Å². The number of ether oxygens (including phenoxy) is 1. The van der Waals surface area contributed by atoms with E-state index in [4.69, 9.17) is 0 Å². The lowest BCUT2D eigenvalue weighted by molar-refractivity contribution is -0.137. The molecule has 1 aromatic carbocycles. The van der Waals surface area contributed by atoms with E-state index in [1.54, 1.807) is 0 Å². The number of hydrogen-bond acceptors (Lipinski definition) is 4. The summed E-state index contributed by atoms with van der Waals surface area (Å²) in [4.78, 5) is -0.267. The smallest absolute Gasteiger partial charge is 0.391 e. The lowest BCUT2D eigenvalue weighted by atomic mass is 10.2. The Morgan fingerprint density at radius 2 is 1.86 bits per heavy atom. The Kier molecular flexibility index (Phi) is 6.14. The largest absolute Gasteiger partial charge is 0.416 e. The van der Waals surface area contributed by atoms with Crippen LogP contribution in [0.3, 0.4) is 0 Å². The quantitative estimate of drug-likeness (QED) is 0.793. The molecular weight excluding hydrogens is 311 g/mol. The van der Waals surface area contributed by atoms with Crippen LogP contribution in [0.25, 0.3) is 0 Å². The van der Waals surface area contributed by atoms with E-state index in [-0.39, 0.29) is 24.5 Å². The second kappa shape index (κ2) is 7.21. The Bertz CT molecular complexity index is 543. The van der Waals surface area contributed by atoms with Crippen LogP contribution >= 0.6 is 0 Å². The first kappa shape index (κ1) is 17.9. The van der Waals surface area contributed by atoms with E-state index < -0.39 is 27.9 Å². The molecule has 2 N–H and O–H groups in total. The average molecular weight is 327 g/mol. The van der Waals surface area contributed by atoms with Crippen molar-refractivity contribution in [2.24, 2.45) is 0 Å². The van der Waals surface area contributed by atoms with Gasteiger partial charge in [-0.3, -0.25) is 0 Å². The van der Waals surface area contributed by atoms with Crippen LogP contribution in [-0.2, 0) is 20.9 Å². The summed E-state index contributed by atoms with van der Waals surface area (Å²) in [6.45, 7) is 0.0237. The van der Waals surface area contributed by atoms with Crippen molar-refractivity contribution in [1.29, 1.82) is 0 Å². The maximum atomic E-state index is 12.4. The molecule has 0 aliphatic carbocycles. The van der Waals surface area contributed by atoms with Gasteiger partial charge in [0.1, 0.15) is 0 Å². The Hall–Kier alpha value is -1.16. The van der Waals surface area contributed by atoms with Gasteiger partial charge >= 0.3 is 6.18 Å². The molecule has 0 aromatic heterocycles. The molecular formula is C12H16F3NO4S. The van der Waals surface area contributed by atoms with E-state index >= 15 is 0 Å². The lowest BCUT2D eigenvalue weighted by Gasteiger charge is -2.11. The summed E-state index contributed by atoms with van der Waals surface area (Å²) in [6, 6.07) is 3.18. The van der Waals surface area contributed by atoms with Crippen LogP contribution in [0.5, 0.6) is 0 Å². The third kappa shape index (κ3) is 5.62. The van der Waals surface area contributed by atoms with Crippen molar-refractivity contribution in [1.82, 2.24) is 4.72 Å². The van der Waals surface area contributed by atoms with Crippen LogP contribution in [0.2, 0.25) is 0 Å². The summed E-state index contributed by atoms with van der Waals surface area (Å²) in [7, 11) is -2.50. The van der Waals surface area contributed by atoms with E-state index in [9.17, 15) is 26.7 Å². The van der Waals surface area contributed by atoms with E-state index in [1.807, 2.05) is 0 Å². The predicted molar refractivity (Wildman–Crippen MR) is 69.1 cm³/mol. The zero-order chi connectivity index (χ0) is 16.1. The van der Waals surface area contributed by atoms with Gasteiger partial charge in [-0.25, -0.2) is 13.1 Å². The van der Waals surface area contributed by atoms with E-state index in [0.29, 0.717) is 12.1 Å². The zero-order valence-corrected chi connectivity index (χ0v) is 12.0. The number of aliphatic hydroxyl groups is 1. The van der Waals surface area contributed by atoms with E-state index in [1.165, 1.54) is 7.11 Å². The van der Waals surface area contributed by atoms with Gasteiger partial charge in [0.2, 0.25) is 10.0 Å². The van der Waals surface area contributed by atoms with Gasteiger partial charge < -0.3 is 9.84 Å². The molecule has 0 amide bonds. The second-order valence-corrected chi connectivity index (χ2v) is 6.08. The highest BCUT2D eigenvalue weighted by molar-refractivity contribution is 7.89. The fourth-order valence-corrected chi connectivity index (χ4v) is 2.59. The molecule has 5 nitrogen and oxygen atoms in total. The third-order valence-corrected chi connectivity index (χ3v) is 4.10. The first-order valence-electron chi connectivity index (χ1n) is 6.01. The van der Waals surface area contributed by atoms with Gasteiger partial charge in [-0.05, 0) is 30.7 Å². The summed E-state index contributed by atoms with van der Waals surface area (Å²) in [5, 5.41) is 9.36. The highest BCUT2D eigenvalue weighted by Gasteiger charge is 2.30. The van der Waals surface area contributed by atoms with E-state index in [0.717, 1.165) is 12.1 Å². The van der Waals surface area contributed by atoms with Gasteiger partial charge in [-0.15, -0.1) is 0 Å². The number of hydrogen-bond donors (Lipinski definition) is 2. The lowest BCUT2D eigenvalue weighted by Crippen LogP contribution is -2.28. The monoisotopic (exact) mass is 327 g/mol. The molecule has 120 valence electrons. The number of methoxy groups -OCH3 is 1. The molecule has 21 heavy (non-hydrogen) atoms. The number of nitrogens with one attached hydrogen (secondary N) is 1. The van der Waals surface area contributed by atoms with Crippen LogP contribution in [-0.4, -0.2) is 39.9 Å². The third-order valence-electron chi connectivity index (χ3n) is 2.62. The Morgan fingerprint density at radius 3 is 2.33 bits per heavy atom. The fourth-order valence-electron chi connectivity index (χ4n) is 1.54. The Labute approximate surface area is 120 Å². The van der Waals surface area contributed by atoms with Crippen LogP contribution in [0, 0.1) is 0 Å².